The van der Waals surface area contributed by atoms with Gasteiger partial charge in [-0.1, -0.05) is 15.9 Å². The standard InChI is InChI=1S/C7H14BrNO2/c1-3-11-5-4-9-7(10)6(2)8/h6H,3-5H2,1-2H3,(H,9,10). The lowest BCUT2D eigenvalue weighted by Crippen LogP contribution is -2.32. The third-order valence-electron chi connectivity index (χ3n) is 1.11. The SMILES string of the molecule is CCOCCNC(=O)C(C)Br. The fourth-order valence-corrected chi connectivity index (χ4v) is 0.693. The van der Waals surface area contributed by atoms with E-state index in [4.69, 9.17) is 4.74 Å². The zero-order valence-electron chi connectivity index (χ0n) is 6.89. The number of ether oxygens (including phenoxy) is 1. The van der Waals surface area contributed by atoms with Crippen LogP contribution in [0, 0.1) is 0 Å². The Labute approximate surface area is 75.6 Å². The number of alkyl halides is 1. The normalized spacial score (nSPS) is 12.6. The fourth-order valence-electron chi connectivity index (χ4n) is 0.531. The summed E-state index contributed by atoms with van der Waals surface area (Å²) >= 11 is 3.16. The predicted octanol–water partition coefficient (Wildman–Crippen LogP) is 0.923. The van der Waals surface area contributed by atoms with Crippen LogP contribution in [-0.4, -0.2) is 30.5 Å². The number of rotatable bonds is 5. The van der Waals surface area contributed by atoms with E-state index in [-0.39, 0.29) is 10.7 Å². The van der Waals surface area contributed by atoms with Gasteiger partial charge in [0.05, 0.1) is 11.4 Å². The highest BCUT2D eigenvalue weighted by molar-refractivity contribution is 9.10. The van der Waals surface area contributed by atoms with Crippen molar-refractivity contribution in [3.8, 4) is 0 Å². The minimum Gasteiger partial charge on any atom is -0.380 e. The van der Waals surface area contributed by atoms with Gasteiger partial charge in [-0.05, 0) is 13.8 Å². The molecule has 0 rings (SSSR count). The van der Waals surface area contributed by atoms with Crippen LogP contribution in [0.3, 0.4) is 0 Å². The molecule has 0 radical (unpaired) electrons. The third kappa shape index (κ3) is 6.31. The summed E-state index contributed by atoms with van der Waals surface area (Å²) in [6.45, 7) is 5.58. The van der Waals surface area contributed by atoms with Crippen LogP contribution in [0.4, 0.5) is 0 Å². The Morgan fingerprint density at radius 3 is 2.82 bits per heavy atom. The van der Waals surface area contributed by atoms with Crippen LogP contribution in [0.25, 0.3) is 0 Å². The van der Waals surface area contributed by atoms with Crippen molar-refractivity contribution in [3.05, 3.63) is 0 Å². The molecule has 0 aliphatic heterocycles. The smallest absolute Gasteiger partial charge is 0.233 e. The van der Waals surface area contributed by atoms with Gasteiger partial charge in [-0.3, -0.25) is 4.79 Å². The lowest BCUT2D eigenvalue weighted by Gasteiger charge is -2.05. The van der Waals surface area contributed by atoms with E-state index < -0.39 is 0 Å². The van der Waals surface area contributed by atoms with Gasteiger partial charge in [0.25, 0.3) is 0 Å². The molecule has 1 unspecified atom stereocenters. The first kappa shape index (κ1) is 10.9. The molecule has 0 heterocycles. The summed E-state index contributed by atoms with van der Waals surface area (Å²) in [4.78, 5) is 10.8. The summed E-state index contributed by atoms with van der Waals surface area (Å²) in [5.41, 5.74) is 0. The van der Waals surface area contributed by atoms with Gasteiger partial charge in [0.2, 0.25) is 5.91 Å². The minimum absolute atomic E-state index is 0.00435. The highest BCUT2D eigenvalue weighted by atomic mass is 79.9. The first-order valence-corrected chi connectivity index (χ1v) is 4.59. The summed E-state index contributed by atoms with van der Waals surface area (Å²) < 4.78 is 5.03. The Hall–Kier alpha value is -0.0900. The van der Waals surface area contributed by atoms with Gasteiger partial charge in [0, 0.05) is 13.2 Å². The molecule has 4 heteroatoms. The van der Waals surface area contributed by atoms with Gasteiger partial charge in [-0.2, -0.15) is 0 Å². The summed E-state index contributed by atoms with van der Waals surface area (Å²) in [7, 11) is 0. The van der Waals surface area contributed by atoms with E-state index in [2.05, 4.69) is 21.2 Å². The van der Waals surface area contributed by atoms with Crippen molar-refractivity contribution in [2.75, 3.05) is 19.8 Å². The van der Waals surface area contributed by atoms with Crippen molar-refractivity contribution >= 4 is 21.8 Å². The predicted molar refractivity (Wildman–Crippen MR) is 47.9 cm³/mol. The largest absolute Gasteiger partial charge is 0.380 e. The molecule has 0 fully saturated rings. The Morgan fingerprint density at radius 2 is 2.36 bits per heavy atom. The highest BCUT2D eigenvalue weighted by Crippen LogP contribution is 1.95. The summed E-state index contributed by atoms with van der Waals surface area (Å²) in [6, 6.07) is 0. The molecule has 0 aromatic heterocycles. The first-order chi connectivity index (χ1) is 5.18. The van der Waals surface area contributed by atoms with E-state index in [1.165, 1.54) is 0 Å². The topological polar surface area (TPSA) is 38.3 Å². The second-order valence-corrected chi connectivity index (χ2v) is 3.48. The maximum atomic E-state index is 10.9. The summed E-state index contributed by atoms with van der Waals surface area (Å²) in [5, 5.41) is 2.71. The zero-order valence-corrected chi connectivity index (χ0v) is 8.48. The first-order valence-electron chi connectivity index (χ1n) is 3.68. The molecule has 0 aromatic carbocycles. The number of hydrogen-bond donors (Lipinski definition) is 1. The summed E-state index contributed by atoms with van der Waals surface area (Å²) in [6.07, 6.45) is 0. The zero-order chi connectivity index (χ0) is 8.69. The molecule has 0 saturated carbocycles. The average molecular weight is 224 g/mol. The molecule has 0 saturated heterocycles. The molecule has 1 N–H and O–H groups in total. The van der Waals surface area contributed by atoms with Crippen LogP contribution in [0.15, 0.2) is 0 Å². The van der Waals surface area contributed by atoms with Crippen molar-refractivity contribution in [3.63, 3.8) is 0 Å². The Kier molecular flexibility index (Phi) is 6.56. The Morgan fingerprint density at radius 1 is 1.73 bits per heavy atom. The molecule has 0 aromatic rings. The second kappa shape index (κ2) is 6.61. The van der Waals surface area contributed by atoms with Crippen LogP contribution >= 0.6 is 15.9 Å². The van der Waals surface area contributed by atoms with E-state index >= 15 is 0 Å². The van der Waals surface area contributed by atoms with Crippen molar-refractivity contribution in [2.45, 2.75) is 18.7 Å². The molecule has 0 aliphatic carbocycles. The van der Waals surface area contributed by atoms with E-state index in [1.54, 1.807) is 6.92 Å². The van der Waals surface area contributed by atoms with Gasteiger partial charge in [0.15, 0.2) is 0 Å². The molecule has 66 valence electrons. The summed E-state index contributed by atoms with van der Waals surface area (Å²) in [5.74, 6) is 0.00435. The van der Waals surface area contributed by atoms with Crippen LogP contribution < -0.4 is 5.32 Å². The highest BCUT2D eigenvalue weighted by Gasteiger charge is 2.05. The molecule has 0 bridgehead atoms. The Balaban J connectivity index is 3.18. The van der Waals surface area contributed by atoms with Crippen molar-refractivity contribution in [2.24, 2.45) is 0 Å². The quantitative estimate of drug-likeness (QED) is 0.557. The monoisotopic (exact) mass is 223 g/mol. The lowest BCUT2D eigenvalue weighted by molar-refractivity contribution is -0.120. The van der Waals surface area contributed by atoms with Crippen molar-refractivity contribution in [1.29, 1.82) is 0 Å². The molecule has 0 aliphatic rings. The number of nitrogens with one attached hydrogen (secondary N) is 1. The van der Waals surface area contributed by atoms with Crippen molar-refractivity contribution in [1.82, 2.24) is 5.32 Å². The van der Waals surface area contributed by atoms with Crippen molar-refractivity contribution < 1.29 is 9.53 Å². The molecular formula is C7H14BrNO2. The second-order valence-electron chi connectivity index (χ2n) is 2.10. The fraction of sp³-hybridized carbons (Fsp3) is 0.857. The van der Waals surface area contributed by atoms with Gasteiger partial charge in [-0.25, -0.2) is 0 Å². The molecule has 1 amide bonds. The maximum Gasteiger partial charge on any atom is 0.233 e. The average Bonchev–Trinajstić information content (AvgIpc) is 1.97. The number of carbonyl (C=O) groups is 1. The number of halogens is 1. The lowest BCUT2D eigenvalue weighted by atomic mass is 10.4. The van der Waals surface area contributed by atoms with E-state index in [1.807, 2.05) is 6.92 Å². The van der Waals surface area contributed by atoms with Gasteiger partial charge in [0.1, 0.15) is 0 Å². The van der Waals surface area contributed by atoms with Crippen LogP contribution in [-0.2, 0) is 9.53 Å². The van der Waals surface area contributed by atoms with Crippen LogP contribution in [0.2, 0.25) is 0 Å². The van der Waals surface area contributed by atoms with Crippen LogP contribution in [0.1, 0.15) is 13.8 Å². The number of amides is 1. The van der Waals surface area contributed by atoms with E-state index in [0.717, 1.165) is 0 Å². The molecule has 3 nitrogen and oxygen atoms in total. The van der Waals surface area contributed by atoms with E-state index in [0.29, 0.717) is 19.8 Å². The van der Waals surface area contributed by atoms with E-state index in [9.17, 15) is 4.79 Å². The molecule has 1 atom stereocenters. The Bertz CT molecular complexity index is 117. The molecule has 0 spiro atoms. The minimum atomic E-state index is -0.121. The third-order valence-corrected chi connectivity index (χ3v) is 1.53. The van der Waals surface area contributed by atoms with Gasteiger partial charge < -0.3 is 10.1 Å². The van der Waals surface area contributed by atoms with Gasteiger partial charge >= 0.3 is 0 Å². The van der Waals surface area contributed by atoms with Gasteiger partial charge in [-0.15, -0.1) is 0 Å². The van der Waals surface area contributed by atoms with Crippen LogP contribution in [0.5, 0.6) is 0 Å². The molecule has 11 heavy (non-hydrogen) atoms. The number of carbonyl (C=O) groups excluding carboxylic acids is 1. The number of hydrogen-bond acceptors (Lipinski definition) is 2. The molecular weight excluding hydrogens is 210 g/mol. The maximum absolute atomic E-state index is 10.9.